The van der Waals surface area contributed by atoms with E-state index in [1.165, 1.54) is 6.20 Å². The lowest BCUT2D eigenvalue weighted by Gasteiger charge is -2.22. The molecule has 1 saturated heterocycles. The Morgan fingerprint density at radius 2 is 2.09 bits per heavy atom. The summed E-state index contributed by atoms with van der Waals surface area (Å²) >= 11 is 0. The lowest BCUT2D eigenvalue weighted by atomic mass is 10.1. The zero-order chi connectivity index (χ0) is 16.4. The molecule has 2 fully saturated rings. The van der Waals surface area contributed by atoms with Crippen molar-refractivity contribution in [2.75, 3.05) is 13.1 Å². The Hall–Kier alpha value is -2.31. The van der Waals surface area contributed by atoms with Crippen molar-refractivity contribution < 1.29 is 23.1 Å². The van der Waals surface area contributed by atoms with Gasteiger partial charge < -0.3 is 10.0 Å². The number of alkyl halides is 3. The second-order valence-corrected chi connectivity index (χ2v) is 6.28. The highest BCUT2D eigenvalue weighted by molar-refractivity contribution is 6.01. The average Bonchev–Trinajstić information content (AvgIpc) is 3.09. The number of piperidine rings is 1. The van der Waals surface area contributed by atoms with Gasteiger partial charge in [0, 0.05) is 30.1 Å². The maximum atomic E-state index is 13.1. The maximum Gasteiger partial charge on any atom is 0.396 e. The third kappa shape index (κ3) is 1.92. The van der Waals surface area contributed by atoms with E-state index in [1.807, 2.05) is 0 Å². The molecule has 0 spiro atoms. The van der Waals surface area contributed by atoms with E-state index in [4.69, 9.17) is 0 Å². The molecule has 0 bridgehead atoms. The molecule has 2 aliphatic rings. The number of hydrogen-bond donors (Lipinski definition) is 1. The first-order valence-corrected chi connectivity index (χ1v) is 7.26. The first-order chi connectivity index (χ1) is 10.8. The van der Waals surface area contributed by atoms with Crippen molar-refractivity contribution in [3.63, 3.8) is 0 Å². The Labute approximate surface area is 129 Å². The highest BCUT2D eigenvalue weighted by atomic mass is 19.4. The summed E-state index contributed by atoms with van der Waals surface area (Å²) in [5, 5.41) is 11.4. The normalized spacial score (nSPS) is 26.4. The van der Waals surface area contributed by atoms with Crippen molar-refractivity contribution in [3.05, 3.63) is 36.2 Å². The summed E-state index contributed by atoms with van der Waals surface area (Å²) in [5.41, 5.74) is -1.95. The zero-order valence-electron chi connectivity index (χ0n) is 12.0. The fourth-order valence-electron chi connectivity index (χ4n) is 3.53. The number of pyridine rings is 1. The number of aromatic nitrogens is 1. The molecule has 2 unspecified atom stereocenters. The van der Waals surface area contributed by atoms with Gasteiger partial charge >= 0.3 is 6.18 Å². The molecule has 2 atom stereocenters. The summed E-state index contributed by atoms with van der Waals surface area (Å²) in [7, 11) is 0. The third-order valence-electron chi connectivity index (χ3n) is 4.97. The number of benzene rings is 1. The van der Waals surface area contributed by atoms with Gasteiger partial charge in [0.2, 0.25) is 0 Å². The number of aromatic hydroxyl groups is 1. The van der Waals surface area contributed by atoms with Crippen LogP contribution < -0.4 is 0 Å². The number of rotatable bonds is 1. The third-order valence-corrected chi connectivity index (χ3v) is 4.97. The second kappa shape index (κ2) is 4.37. The summed E-state index contributed by atoms with van der Waals surface area (Å²) in [6.07, 6.45) is -2.78. The maximum absolute atomic E-state index is 13.1. The fraction of sp³-hybridized carbons (Fsp3) is 0.375. The smallest absolute Gasteiger partial charge is 0.396 e. The van der Waals surface area contributed by atoms with E-state index < -0.39 is 23.4 Å². The summed E-state index contributed by atoms with van der Waals surface area (Å²) in [5.74, 6) is -1.46. The van der Waals surface area contributed by atoms with Gasteiger partial charge in [-0.2, -0.15) is 13.2 Å². The predicted octanol–water partition coefficient (Wildman–Crippen LogP) is 2.96. The van der Waals surface area contributed by atoms with Gasteiger partial charge in [-0.3, -0.25) is 4.79 Å². The van der Waals surface area contributed by atoms with E-state index in [0.29, 0.717) is 10.8 Å². The molecule has 1 amide bonds. The molecule has 1 saturated carbocycles. The van der Waals surface area contributed by atoms with Gasteiger partial charge in [0.15, 0.2) is 11.4 Å². The molecular formula is C16H13F3N2O2. The lowest BCUT2D eigenvalue weighted by molar-refractivity contribution is -0.187. The number of carbonyl (C=O) groups is 1. The monoisotopic (exact) mass is 322 g/mol. The van der Waals surface area contributed by atoms with Crippen LogP contribution in [0.4, 0.5) is 13.2 Å². The van der Waals surface area contributed by atoms with Crippen LogP contribution in [0.5, 0.6) is 5.75 Å². The molecule has 1 aliphatic heterocycles. The first-order valence-electron chi connectivity index (χ1n) is 7.26. The van der Waals surface area contributed by atoms with Crippen molar-refractivity contribution >= 4 is 16.7 Å². The molecule has 120 valence electrons. The Kier molecular flexibility index (Phi) is 2.71. The summed E-state index contributed by atoms with van der Waals surface area (Å²) in [6.45, 7) is -0.291. The lowest BCUT2D eigenvalue weighted by Crippen LogP contribution is -2.36. The SMILES string of the molecule is O=C(c1ncc2ccccc2c1O)N1CC2CC2(C(F)(F)F)C1. The van der Waals surface area contributed by atoms with E-state index in [-0.39, 0.29) is 31.0 Å². The van der Waals surface area contributed by atoms with Crippen LogP contribution in [0.2, 0.25) is 0 Å². The van der Waals surface area contributed by atoms with Gasteiger partial charge in [-0.1, -0.05) is 24.3 Å². The van der Waals surface area contributed by atoms with Gasteiger partial charge in [-0.25, -0.2) is 4.98 Å². The minimum atomic E-state index is -4.30. The van der Waals surface area contributed by atoms with E-state index in [0.717, 1.165) is 4.90 Å². The van der Waals surface area contributed by atoms with Gasteiger partial charge in [-0.15, -0.1) is 0 Å². The number of hydrogen-bond acceptors (Lipinski definition) is 3. The van der Waals surface area contributed by atoms with Crippen molar-refractivity contribution in [2.24, 2.45) is 11.3 Å². The average molecular weight is 322 g/mol. The molecule has 4 rings (SSSR count). The largest absolute Gasteiger partial charge is 0.505 e. The van der Waals surface area contributed by atoms with Crippen LogP contribution >= 0.6 is 0 Å². The van der Waals surface area contributed by atoms with Crippen molar-refractivity contribution in [1.29, 1.82) is 0 Å². The molecule has 1 aromatic heterocycles. The van der Waals surface area contributed by atoms with Crippen LogP contribution in [-0.4, -0.2) is 40.2 Å². The topological polar surface area (TPSA) is 53.4 Å². The standard InChI is InChI=1S/C16H13F3N2O2/c17-16(18,19)15-5-10(15)7-21(8-15)14(23)12-13(22)11-4-2-1-3-9(11)6-20-12/h1-4,6,10,22H,5,7-8H2. The van der Waals surface area contributed by atoms with Crippen LogP contribution in [0, 0.1) is 11.3 Å². The highest BCUT2D eigenvalue weighted by Crippen LogP contribution is 2.66. The molecule has 7 heteroatoms. The van der Waals surface area contributed by atoms with E-state index >= 15 is 0 Å². The van der Waals surface area contributed by atoms with Crippen LogP contribution in [0.3, 0.4) is 0 Å². The molecule has 1 N–H and O–H groups in total. The van der Waals surface area contributed by atoms with Gasteiger partial charge in [0.25, 0.3) is 5.91 Å². The van der Waals surface area contributed by atoms with Crippen LogP contribution in [-0.2, 0) is 0 Å². The van der Waals surface area contributed by atoms with E-state index in [9.17, 15) is 23.1 Å². The van der Waals surface area contributed by atoms with E-state index in [2.05, 4.69) is 4.98 Å². The molecule has 1 aromatic carbocycles. The van der Waals surface area contributed by atoms with E-state index in [1.54, 1.807) is 24.3 Å². The number of likely N-dealkylation sites (tertiary alicyclic amines) is 1. The van der Waals surface area contributed by atoms with Crippen molar-refractivity contribution in [3.8, 4) is 5.75 Å². The molecule has 2 aromatic rings. The minimum Gasteiger partial charge on any atom is -0.505 e. The summed E-state index contributed by atoms with van der Waals surface area (Å²) in [4.78, 5) is 17.6. The summed E-state index contributed by atoms with van der Waals surface area (Å²) < 4.78 is 39.3. The molecule has 4 nitrogen and oxygen atoms in total. The Balaban J connectivity index is 1.65. The number of halogens is 3. The van der Waals surface area contributed by atoms with Gasteiger partial charge in [0.1, 0.15) is 0 Å². The number of nitrogens with zero attached hydrogens (tertiary/aromatic N) is 2. The predicted molar refractivity (Wildman–Crippen MR) is 75.9 cm³/mol. The van der Waals surface area contributed by atoms with Gasteiger partial charge in [-0.05, 0) is 12.3 Å². The minimum absolute atomic E-state index is 0.0618. The van der Waals surface area contributed by atoms with Gasteiger partial charge in [0.05, 0.1) is 5.41 Å². The highest BCUT2D eigenvalue weighted by Gasteiger charge is 2.74. The van der Waals surface area contributed by atoms with Crippen molar-refractivity contribution in [2.45, 2.75) is 12.6 Å². The molecule has 2 heterocycles. The van der Waals surface area contributed by atoms with Crippen LogP contribution in [0.25, 0.3) is 10.8 Å². The molecular weight excluding hydrogens is 309 g/mol. The molecule has 23 heavy (non-hydrogen) atoms. The first kappa shape index (κ1) is 14.3. The van der Waals surface area contributed by atoms with Crippen LogP contribution in [0.1, 0.15) is 16.9 Å². The molecule has 0 radical (unpaired) electrons. The Bertz CT molecular complexity index is 821. The number of fused-ring (bicyclic) bond motifs is 2. The Morgan fingerprint density at radius 1 is 1.35 bits per heavy atom. The fourth-order valence-corrected chi connectivity index (χ4v) is 3.53. The quantitative estimate of drug-likeness (QED) is 0.878. The number of amides is 1. The molecule has 1 aliphatic carbocycles. The Morgan fingerprint density at radius 3 is 2.78 bits per heavy atom. The van der Waals surface area contributed by atoms with Crippen molar-refractivity contribution in [1.82, 2.24) is 9.88 Å². The zero-order valence-corrected chi connectivity index (χ0v) is 12.0. The summed E-state index contributed by atoms with van der Waals surface area (Å²) in [6, 6.07) is 6.85. The van der Waals surface area contributed by atoms with Crippen LogP contribution in [0.15, 0.2) is 30.5 Å². The second-order valence-electron chi connectivity index (χ2n) is 6.28. The number of carbonyl (C=O) groups excluding carboxylic acids is 1.